The number of nitrogens with one attached hydrogen (secondary N) is 1. The third kappa shape index (κ3) is 3.11. The number of amides is 1. The molecule has 0 spiro atoms. The summed E-state index contributed by atoms with van der Waals surface area (Å²) in [6.45, 7) is 0.703. The van der Waals surface area contributed by atoms with Crippen LogP contribution in [-0.4, -0.2) is 47.8 Å². The molecule has 7 nitrogen and oxygen atoms in total. The van der Waals surface area contributed by atoms with Gasteiger partial charge in [-0.25, -0.2) is 9.37 Å². The molecule has 3 heterocycles. The molecular weight excluding hydrogens is 343 g/mol. The number of fused-ring (bicyclic) bond motifs is 1. The fraction of sp³-hybridized carbons (Fsp3) is 0.375. The molecule has 0 saturated carbocycles. The molecule has 25 heavy (non-hydrogen) atoms. The number of carbonyl (C=O) groups is 1. The third-order valence-corrected chi connectivity index (χ3v) is 5.36. The van der Waals surface area contributed by atoms with Crippen molar-refractivity contribution in [1.82, 2.24) is 29.6 Å². The number of nitrogens with zero attached hydrogens (tertiary/aromatic N) is 5. The van der Waals surface area contributed by atoms with Crippen LogP contribution in [0.15, 0.2) is 29.7 Å². The van der Waals surface area contributed by atoms with Crippen molar-refractivity contribution in [3.8, 4) is 0 Å². The summed E-state index contributed by atoms with van der Waals surface area (Å²) in [5.41, 5.74) is 1.37. The summed E-state index contributed by atoms with van der Waals surface area (Å²) in [7, 11) is 1.85. The zero-order valence-electron chi connectivity index (χ0n) is 13.6. The van der Waals surface area contributed by atoms with Crippen LogP contribution in [0.4, 0.5) is 4.39 Å². The van der Waals surface area contributed by atoms with E-state index in [-0.39, 0.29) is 17.8 Å². The number of hydrogen-bond donors (Lipinski definition) is 1. The fourth-order valence-corrected chi connectivity index (χ4v) is 3.90. The second-order valence-electron chi connectivity index (χ2n) is 6.04. The maximum absolute atomic E-state index is 13.4. The topological polar surface area (TPSA) is 79.7 Å². The van der Waals surface area contributed by atoms with Crippen LogP contribution < -0.4 is 0 Å². The van der Waals surface area contributed by atoms with Crippen LogP contribution in [-0.2, 0) is 11.8 Å². The summed E-state index contributed by atoms with van der Waals surface area (Å²) in [6, 6.07) is 4.37. The van der Waals surface area contributed by atoms with Gasteiger partial charge in [-0.05, 0) is 31.0 Å². The quantitative estimate of drug-likeness (QED) is 0.722. The van der Waals surface area contributed by atoms with Crippen LogP contribution in [0.1, 0.15) is 24.7 Å². The largest absolute Gasteiger partial charge is 0.340 e. The number of thioether (sulfide) groups is 1. The predicted octanol–water partition coefficient (Wildman–Crippen LogP) is 2.29. The Labute approximate surface area is 147 Å². The second-order valence-corrected chi connectivity index (χ2v) is 6.98. The molecule has 1 N–H and O–H groups in total. The van der Waals surface area contributed by atoms with E-state index in [1.165, 1.54) is 23.9 Å². The smallest absolute Gasteiger partial charge is 0.233 e. The summed E-state index contributed by atoms with van der Waals surface area (Å²) in [5, 5.41) is 8.50. The first-order chi connectivity index (χ1) is 12.1. The predicted molar refractivity (Wildman–Crippen MR) is 91.5 cm³/mol. The minimum Gasteiger partial charge on any atom is -0.340 e. The Hall–Kier alpha value is -2.42. The standard InChI is InChI=1S/C16H17FN6OS/c1-22-9-18-21-16(22)25-8-14(24)23-6-2-3-13(23)15-19-11-5-4-10(17)7-12(11)20-15/h4-5,7,9,13H,2-3,6,8H2,1H3,(H,19,20)/t13-/m1/s1. The number of rotatable bonds is 4. The molecule has 1 atom stereocenters. The van der Waals surface area contributed by atoms with Gasteiger partial charge in [0.05, 0.1) is 22.8 Å². The summed E-state index contributed by atoms with van der Waals surface area (Å²) in [6.07, 6.45) is 3.39. The van der Waals surface area contributed by atoms with Crippen molar-refractivity contribution in [2.45, 2.75) is 24.0 Å². The average molecular weight is 360 g/mol. The van der Waals surface area contributed by atoms with Crippen molar-refractivity contribution >= 4 is 28.7 Å². The van der Waals surface area contributed by atoms with E-state index in [1.54, 1.807) is 17.0 Å². The van der Waals surface area contributed by atoms with E-state index in [0.717, 1.165) is 18.7 Å². The molecule has 1 fully saturated rings. The zero-order chi connectivity index (χ0) is 17.4. The van der Waals surface area contributed by atoms with Crippen molar-refractivity contribution < 1.29 is 9.18 Å². The highest BCUT2D eigenvalue weighted by molar-refractivity contribution is 7.99. The Morgan fingerprint density at radius 1 is 1.48 bits per heavy atom. The molecule has 3 aromatic rings. The van der Waals surface area contributed by atoms with E-state index in [1.807, 2.05) is 11.9 Å². The van der Waals surface area contributed by atoms with Gasteiger partial charge in [-0.2, -0.15) is 0 Å². The summed E-state index contributed by atoms with van der Waals surface area (Å²) >= 11 is 1.37. The van der Waals surface area contributed by atoms with Crippen molar-refractivity contribution in [2.24, 2.45) is 7.05 Å². The molecule has 1 amide bonds. The Balaban J connectivity index is 1.50. The lowest BCUT2D eigenvalue weighted by Crippen LogP contribution is -2.32. The van der Waals surface area contributed by atoms with E-state index in [2.05, 4.69) is 20.2 Å². The molecule has 0 radical (unpaired) electrons. The maximum Gasteiger partial charge on any atom is 0.233 e. The average Bonchev–Trinajstić information content (AvgIpc) is 3.30. The van der Waals surface area contributed by atoms with Crippen LogP contribution in [0.3, 0.4) is 0 Å². The highest BCUT2D eigenvalue weighted by Crippen LogP contribution is 2.32. The molecule has 0 bridgehead atoms. The van der Waals surface area contributed by atoms with E-state index < -0.39 is 0 Å². The zero-order valence-corrected chi connectivity index (χ0v) is 14.5. The number of benzene rings is 1. The van der Waals surface area contributed by atoms with Gasteiger partial charge >= 0.3 is 0 Å². The van der Waals surface area contributed by atoms with Crippen molar-refractivity contribution in [3.05, 3.63) is 36.2 Å². The Morgan fingerprint density at radius 2 is 2.36 bits per heavy atom. The van der Waals surface area contributed by atoms with Crippen LogP contribution in [0.2, 0.25) is 0 Å². The number of imidazole rings is 1. The number of aryl methyl sites for hydroxylation is 1. The van der Waals surface area contributed by atoms with Gasteiger partial charge in [0.2, 0.25) is 5.91 Å². The van der Waals surface area contributed by atoms with Gasteiger partial charge in [0.1, 0.15) is 18.0 Å². The minimum atomic E-state index is -0.304. The number of aromatic nitrogens is 5. The summed E-state index contributed by atoms with van der Waals surface area (Å²) in [5.74, 6) is 0.761. The molecule has 1 saturated heterocycles. The van der Waals surface area contributed by atoms with Gasteiger partial charge in [-0.3, -0.25) is 4.79 Å². The Morgan fingerprint density at radius 3 is 3.16 bits per heavy atom. The van der Waals surface area contributed by atoms with E-state index >= 15 is 0 Å². The van der Waals surface area contributed by atoms with Crippen molar-refractivity contribution in [2.75, 3.05) is 12.3 Å². The highest BCUT2D eigenvalue weighted by atomic mass is 32.2. The molecule has 2 aromatic heterocycles. The van der Waals surface area contributed by atoms with Gasteiger partial charge in [0, 0.05) is 13.6 Å². The number of likely N-dealkylation sites (tertiary alicyclic amines) is 1. The minimum absolute atomic E-state index is 0.0436. The number of H-pyrrole nitrogens is 1. The van der Waals surface area contributed by atoms with Crippen LogP contribution in [0, 0.1) is 5.82 Å². The molecule has 9 heteroatoms. The van der Waals surface area contributed by atoms with Crippen molar-refractivity contribution in [3.63, 3.8) is 0 Å². The number of aromatic amines is 1. The monoisotopic (exact) mass is 360 g/mol. The highest BCUT2D eigenvalue weighted by Gasteiger charge is 2.32. The second kappa shape index (κ2) is 6.47. The van der Waals surface area contributed by atoms with E-state index in [9.17, 15) is 9.18 Å². The summed E-state index contributed by atoms with van der Waals surface area (Å²) in [4.78, 5) is 22.2. The molecule has 0 unspecified atom stereocenters. The lowest BCUT2D eigenvalue weighted by molar-refractivity contribution is -0.129. The van der Waals surface area contributed by atoms with Crippen LogP contribution >= 0.6 is 11.8 Å². The molecule has 1 aromatic carbocycles. The van der Waals surface area contributed by atoms with Crippen LogP contribution in [0.5, 0.6) is 0 Å². The van der Waals surface area contributed by atoms with Crippen molar-refractivity contribution in [1.29, 1.82) is 0 Å². The molecule has 0 aliphatic carbocycles. The Bertz CT molecular complexity index is 922. The number of carbonyl (C=O) groups excluding carboxylic acids is 1. The summed E-state index contributed by atoms with van der Waals surface area (Å²) < 4.78 is 15.2. The SMILES string of the molecule is Cn1cnnc1SCC(=O)N1CCC[C@@H]1c1nc2ccc(F)cc2[nH]1. The van der Waals surface area contributed by atoms with Gasteiger partial charge in [-0.1, -0.05) is 11.8 Å². The van der Waals surface area contributed by atoms with Gasteiger partial charge in [0.25, 0.3) is 0 Å². The lowest BCUT2D eigenvalue weighted by atomic mass is 10.2. The first-order valence-electron chi connectivity index (χ1n) is 8.03. The van der Waals surface area contributed by atoms with Crippen LogP contribution in [0.25, 0.3) is 11.0 Å². The maximum atomic E-state index is 13.4. The fourth-order valence-electron chi connectivity index (χ4n) is 3.12. The molecule has 4 rings (SSSR count). The first-order valence-corrected chi connectivity index (χ1v) is 9.02. The third-order valence-electron chi connectivity index (χ3n) is 4.35. The molecular formula is C16H17FN6OS. The Kier molecular flexibility index (Phi) is 4.16. The van der Waals surface area contributed by atoms with Gasteiger partial charge in [0.15, 0.2) is 5.16 Å². The molecule has 1 aliphatic rings. The molecule has 130 valence electrons. The first kappa shape index (κ1) is 16.1. The van der Waals surface area contributed by atoms with E-state index in [0.29, 0.717) is 28.5 Å². The normalized spacial score (nSPS) is 17.5. The van der Waals surface area contributed by atoms with Gasteiger partial charge in [-0.15, -0.1) is 10.2 Å². The lowest BCUT2D eigenvalue weighted by Gasteiger charge is -2.22. The molecule has 1 aliphatic heterocycles. The number of halogens is 1. The van der Waals surface area contributed by atoms with E-state index in [4.69, 9.17) is 0 Å². The number of hydrogen-bond acceptors (Lipinski definition) is 5. The van der Waals surface area contributed by atoms with Gasteiger partial charge < -0.3 is 14.5 Å².